The van der Waals surface area contributed by atoms with Gasteiger partial charge in [-0.1, -0.05) is 50.1 Å². The molecule has 128 valence electrons. The summed E-state index contributed by atoms with van der Waals surface area (Å²) in [5.74, 6) is -0.379. The predicted octanol–water partition coefficient (Wildman–Crippen LogP) is 3.80. The number of nitriles is 1. The molecule has 0 aliphatic rings. The van der Waals surface area contributed by atoms with Gasteiger partial charge in [0.1, 0.15) is 11.8 Å². The van der Waals surface area contributed by atoms with Gasteiger partial charge >= 0.3 is 0 Å². The second-order valence-corrected chi connectivity index (χ2v) is 7.03. The number of amides is 1. The molecule has 2 aromatic rings. The third-order valence-electron chi connectivity index (χ3n) is 3.66. The largest absolute Gasteiger partial charge is 0.322 e. The Labute approximate surface area is 148 Å². The average molecular weight is 334 g/mol. The highest BCUT2D eigenvalue weighted by molar-refractivity contribution is 5.95. The summed E-state index contributed by atoms with van der Waals surface area (Å²) in [6.45, 7) is 9.85. The van der Waals surface area contributed by atoms with Gasteiger partial charge in [0.2, 0.25) is 0 Å². The van der Waals surface area contributed by atoms with Gasteiger partial charge in [-0.3, -0.25) is 9.78 Å². The minimum absolute atomic E-state index is 0.210. The zero-order valence-corrected chi connectivity index (χ0v) is 15.2. The zero-order valence-electron chi connectivity index (χ0n) is 15.2. The highest BCUT2D eigenvalue weighted by Crippen LogP contribution is 2.31. The Morgan fingerprint density at radius 2 is 1.76 bits per heavy atom. The Morgan fingerprint density at radius 3 is 2.24 bits per heavy atom. The second-order valence-electron chi connectivity index (χ2n) is 7.03. The molecule has 0 aliphatic heterocycles. The fourth-order valence-electron chi connectivity index (χ4n) is 2.60. The maximum absolute atomic E-state index is 12.5. The van der Waals surface area contributed by atoms with Gasteiger partial charge in [-0.2, -0.15) is 5.26 Å². The Balaban J connectivity index is 2.56. The molecule has 0 unspecified atom stereocenters. The first kappa shape index (κ1) is 18.3. The number of hydrogen-bond acceptors (Lipinski definition) is 4. The van der Waals surface area contributed by atoms with Crippen molar-refractivity contribution in [1.29, 1.82) is 5.26 Å². The molecule has 1 aromatic heterocycles. The van der Waals surface area contributed by atoms with Gasteiger partial charge in [0.05, 0.1) is 11.8 Å². The number of carbonyl (C=O) groups is 1. The molecule has 1 N–H and O–H groups in total. The first-order valence-corrected chi connectivity index (χ1v) is 8.03. The molecule has 0 fully saturated rings. The van der Waals surface area contributed by atoms with E-state index in [9.17, 15) is 10.1 Å². The lowest BCUT2D eigenvalue weighted by Crippen LogP contribution is -2.32. The molecule has 0 aliphatic carbocycles. The normalized spacial score (nSPS) is 12.2. The topological polar surface area (TPSA) is 78.7 Å². The number of nitrogens with zero attached hydrogens (tertiary/aromatic N) is 3. The molecule has 0 radical (unpaired) electrons. The quantitative estimate of drug-likeness (QED) is 0.866. The molecule has 1 amide bonds. The molecule has 0 bridgehead atoms. The van der Waals surface area contributed by atoms with Gasteiger partial charge in [-0.25, -0.2) is 4.98 Å². The molecule has 2 rings (SSSR count). The van der Waals surface area contributed by atoms with Gasteiger partial charge in [-0.05, 0) is 19.4 Å². The number of nitrogens with one attached hydrogen (secondary N) is 1. The fraction of sp³-hybridized carbons (Fsp3) is 0.300. The molecule has 0 atom stereocenters. The van der Waals surface area contributed by atoms with Gasteiger partial charge in [-0.15, -0.1) is 0 Å². The first-order chi connectivity index (χ1) is 11.7. The average Bonchev–Trinajstić information content (AvgIpc) is 2.53. The van der Waals surface area contributed by atoms with Crippen molar-refractivity contribution in [3.05, 3.63) is 64.9 Å². The fourth-order valence-corrected chi connectivity index (χ4v) is 2.60. The summed E-state index contributed by atoms with van der Waals surface area (Å²) in [7, 11) is 0. The SMILES string of the molecule is Cc1cc(C)cc(/C(C#N)=C(\NC(=O)c2cnccn2)C(C)(C)C)c1. The summed E-state index contributed by atoms with van der Waals surface area (Å²) in [6, 6.07) is 8.21. The molecule has 0 saturated carbocycles. The van der Waals surface area contributed by atoms with Crippen LogP contribution in [0, 0.1) is 30.6 Å². The lowest BCUT2D eigenvalue weighted by molar-refractivity contribution is 0.0952. The van der Waals surface area contributed by atoms with Gasteiger partial charge in [0, 0.05) is 23.5 Å². The van der Waals surface area contributed by atoms with Crippen LogP contribution in [0.4, 0.5) is 0 Å². The van der Waals surface area contributed by atoms with Crippen molar-refractivity contribution >= 4 is 11.5 Å². The number of rotatable bonds is 3. The molecular formula is C20H22N4O. The van der Waals surface area contributed by atoms with E-state index < -0.39 is 5.41 Å². The smallest absolute Gasteiger partial charge is 0.275 e. The molecule has 1 aromatic carbocycles. The monoisotopic (exact) mass is 334 g/mol. The third kappa shape index (κ3) is 4.51. The van der Waals surface area contributed by atoms with Crippen LogP contribution in [0.5, 0.6) is 0 Å². The standard InChI is InChI=1S/C20H22N4O/c1-13-8-14(2)10-15(9-13)16(11-21)18(20(3,4)5)24-19(25)17-12-22-6-7-23-17/h6-10,12H,1-5H3,(H,24,25)/b18-16-. The van der Waals surface area contributed by atoms with Crippen LogP contribution in [0.1, 0.15) is 48.0 Å². The Hall–Kier alpha value is -3.00. The second kappa shape index (κ2) is 7.27. The van der Waals surface area contributed by atoms with E-state index in [0.717, 1.165) is 16.7 Å². The highest BCUT2D eigenvalue weighted by atomic mass is 16.1. The summed E-state index contributed by atoms with van der Waals surface area (Å²) in [6.07, 6.45) is 4.37. The minimum atomic E-state index is -0.430. The Kier molecular flexibility index (Phi) is 5.33. The van der Waals surface area contributed by atoms with Crippen molar-refractivity contribution in [2.45, 2.75) is 34.6 Å². The van der Waals surface area contributed by atoms with Crippen molar-refractivity contribution in [3.8, 4) is 6.07 Å². The van der Waals surface area contributed by atoms with E-state index in [0.29, 0.717) is 11.3 Å². The Bertz CT molecular complexity index is 835. The van der Waals surface area contributed by atoms with E-state index in [1.54, 1.807) is 0 Å². The lowest BCUT2D eigenvalue weighted by atomic mass is 9.86. The van der Waals surface area contributed by atoms with Crippen LogP contribution >= 0.6 is 0 Å². The van der Waals surface area contributed by atoms with Gasteiger partial charge in [0.25, 0.3) is 5.91 Å². The highest BCUT2D eigenvalue weighted by Gasteiger charge is 2.25. The van der Waals surface area contributed by atoms with Crippen LogP contribution in [0.2, 0.25) is 0 Å². The first-order valence-electron chi connectivity index (χ1n) is 8.03. The van der Waals surface area contributed by atoms with Crippen molar-refractivity contribution in [2.24, 2.45) is 5.41 Å². The number of aryl methyl sites for hydroxylation is 2. The maximum Gasteiger partial charge on any atom is 0.275 e. The van der Waals surface area contributed by atoms with Crippen LogP contribution in [0.15, 0.2) is 42.5 Å². The van der Waals surface area contributed by atoms with Crippen LogP contribution in [-0.4, -0.2) is 15.9 Å². The van der Waals surface area contributed by atoms with Crippen LogP contribution < -0.4 is 5.32 Å². The van der Waals surface area contributed by atoms with Crippen molar-refractivity contribution in [2.75, 3.05) is 0 Å². The van der Waals surface area contributed by atoms with E-state index in [1.807, 2.05) is 52.8 Å². The third-order valence-corrected chi connectivity index (χ3v) is 3.66. The van der Waals surface area contributed by atoms with Crippen LogP contribution in [0.25, 0.3) is 5.57 Å². The molecule has 0 spiro atoms. The summed E-state index contributed by atoms with van der Waals surface area (Å²) >= 11 is 0. The zero-order chi connectivity index (χ0) is 18.6. The maximum atomic E-state index is 12.5. The molecular weight excluding hydrogens is 312 g/mol. The van der Waals surface area contributed by atoms with Crippen molar-refractivity contribution in [3.63, 3.8) is 0 Å². The number of carbonyl (C=O) groups excluding carboxylic acids is 1. The Morgan fingerprint density at radius 1 is 1.12 bits per heavy atom. The van der Waals surface area contributed by atoms with E-state index in [1.165, 1.54) is 18.6 Å². The van der Waals surface area contributed by atoms with Gasteiger partial charge in [0.15, 0.2) is 0 Å². The number of allylic oxidation sites excluding steroid dienone is 2. The van der Waals surface area contributed by atoms with E-state index in [-0.39, 0.29) is 11.6 Å². The van der Waals surface area contributed by atoms with E-state index in [4.69, 9.17) is 0 Å². The lowest BCUT2D eigenvalue weighted by Gasteiger charge is -2.25. The predicted molar refractivity (Wildman–Crippen MR) is 97.4 cm³/mol. The molecule has 1 heterocycles. The van der Waals surface area contributed by atoms with E-state index in [2.05, 4.69) is 21.4 Å². The molecule has 5 nitrogen and oxygen atoms in total. The minimum Gasteiger partial charge on any atom is -0.322 e. The number of benzene rings is 1. The summed E-state index contributed by atoms with van der Waals surface area (Å²) < 4.78 is 0. The summed E-state index contributed by atoms with van der Waals surface area (Å²) in [5, 5.41) is 12.7. The van der Waals surface area contributed by atoms with Crippen molar-refractivity contribution in [1.82, 2.24) is 15.3 Å². The van der Waals surface area contributed by atoms with Crippen LogP contribution in [0.3, 0.4) is 0 Å². The number of hydrogen-bond donors (Lipinski definition) is 1. The molecule has 5 heteroatoms. The van der Waals surface area contributed by atoms with Crippen molar-refractivity contribution < 1.29 is 4.79 Å². The van der Waals surface area contributed by atoms with E-state index >= 15 is 0 Å². The summed E-state index contributed by atoms with van der Waals surface area (Å²) in [5.41, 5.74) is 3.73. The molecule has 25 heavy (non-hydrogen) atoms. The van der Waals surface area contributed by atoms with Gasteiger partial charge < -0.3 is 5.32 Å². The number of aromatic nitrogens is 2. The summed E-state index contributed by atoms with van der Waals surface area (Å²) in [4.78, 5) is 20.5. The van der Waals surface area contributed by atoms with Crippen LogP contribution in [-0.2, 0) is 0 Å². The molecule has 0 saturated heterocycles.